The number of aryl methyl sites for hydroxylation is 2. The summed E-state index contributed by atoms with van der Waals surface area (Å²) in [5.74, 6) is 0.244. The van der Waals surface area contributed by atoms with Crippen LogP contribution >= 0.6 is 0 Å². The van der Waals surface area contributed by atoms with Gasteiger partial charge in [0.25, 0.3) is 5.91 Å². The van der Waals surface area contributed by atoms with E-state index >= 15 is 0 Å². The molecule has 1 heterocycles. The number of methoxy groups -OCH3 is 2. The van der Waals surface area contributed by atoms with Gasteiger partial charge in [0.05, 0.1) is 25.6 Å². The van der Waals surface area contributed by atoms with E-state index in [4.69, 9.17) is 18.7 Å². The lowest BCUT2D eigenvalue weighted by Gasteiger charge is -2.11. The van der Waals surface area contributed by atoms with Crippen molar-refractivity contribution in [3.8, 4) is 11.5 Å². The van der Waals surface area contributed by atoms with Gasteiger partial charge in [-0.1, -0.05) is 12.1 Å². The van der Waals surface area contributed by atoms with Crippen molar-refractivity contribution in [3.05, 3.63) is 35.2 Å². The maximum Gasteiger partial charge on any atom is 0.344 e. The summed E-state index contributed by atoms with van der Waals surface area (Å²) in [6.45, 7) is 3.02. The predicted molar refractivity (Wildman–Crippen MR) is 89.1 cm³/mol. The number of esters is 1. The van der Waals surface area contributed by atoms with Crippen molar-refractivity contribution in [3.63, 3.8) is 0 Å². The Balaban J connectivity index is 1.99. The quantitative estimate of drug-likeness (QED) is 0.767. The van der Waals surface area contributed by atoms with Crippen LogP contribution in [0.3, 0.4) is 0 Å². The Morgan fingerprint density at radius 2 is 2.00 bits per heavy atom. The molecule has 0 aliphatic carbocycles. The third-order valence-electron chi connectivity index (χ3n) is 3.49. The van der Waals surface area contributed by atoms with Crippen LogP contribution in [-0.4, -0.2) is 37.9 Å². The largest absolute Gasteiger partial charge is 0.497 e. The van der Waals surface area contributed by atoms with E-state index < -0.39 is 18.5 Å². The Labute approximate surface area is 145 Å². The second-order valence-corrected chi connectivity index (χ2v) is 5.10. The number of carbonyl (C=O) groups excluding carboxylic acids is 2. The number of amides is 1. The summed E-state index contributed by atoms with van der Waals surface area (Å²) in [4.78, 5) is 24.2. The molecule has 1 amide bonds. The highest BCUT2D eigenvalue weighted by Gasteiger charge is 2.21. The van der Waals surface area contributed by atoms with Crippen molar-refractivity contribution >= 4 is 17.6 Å². The second kappa shape index (κ2) is 8.18. The maximum absolute atomic E-state index is 12.1. The van der Waals surface area contributed by atoms with E-state index in [1.165, 1.54) is 14.2 Å². The number of aromatic nitrogens is 1. The summed E-state index contributed by atoms with van der Waals surface area (Å²) < 4.78 is 20.3. The van der Waals surface area contributed by atoms with Crippen molar-refractivity contribution in [2.45, 2.75) is 20.3 Å². The van der Waals surface area contributed by atoms with Gasteiger partial charge >= 0.3 is 5.97 Å². The molecule has 8 heteroatoms. The molecule has 0 spiro atoms. The Morgan fingerprint density at radius 1 is 1.24 bits per heavy atom. The Morgan fingerprint density at radius 3 is 2.64 bits per heavy atom. The highest BCUT2D eigenvalue weighted by Crippen LogP contribution is 2.28. The molecule has 2 rings (SSSR count). The molecule has 1 aromatic heterocycles. The normalized spacial score (nSPS) is 10.2. The topological polar surface area (TPSA) is 99.9 Å². The van der Waals surface area contributed by atoms with Gasteiger partial charge in [-0.3, -0.25) is 4.79 Å². The Bertz CT molecular complexity index is 768. The molecule has 25 heavy (non-hydrogen) atoms. The minimum absolute atomic E-state index is 0.261. The molecule has 134 valence electrons. The molecule has 0 aliphatic heterocycles. The fourth-order valence-electron chi connectivity index (χ4n) is 2.21. The number of nitrogens with one attached hydrogen (secondary N) is 1. The van der Waals surface area contributed by atoms with E-state index in [1.54, 1.807) is 25.1 Å². The van der Waals surface area contributed by atoms with Crippen LogP contribution in [0, 0.1) is 6.92 Å². The van der Waals surface area contributed by atoms with Crippen molar-refractivity contribution in [2.75, 3.05) is 26.1 Å². The van der Waals surface area contributed by atoms with E-state index in [1.807, 2.05) is 6.92 Å². The van der Waals surface area contributed by atoms with Gasteiger partial charge in [-0.25, -0.2) is 4.79 Å². The van der Waals surface area contributed by atoms with E-state index in [-0.39, 0.29) is 5.56 Å². The van der Waals surface area contributed by atoms with Crippen molar-refractivity contribution in [1.29, 1.82) is 0 Å². The first-order valence-corrected chi connectivity index (χ1v) is 7.64. The Kier molecular flexibility index (Phi) is 5.99. The van der Waals surface area contributed by atoms with E-state index in [0.29, 0.717) is 35.1 Å². The number of rotatable bonds is 7. The van der Waals surface area contributed by atoms with Crippen LogP contribution in [-0.2, 0) is 16.0 Å². The van der Waals surface area contributed by atoms with Gasteiger partial charge < -0.3 is 24.1 Å². The molecule has 1 N–H and O–H groups in total. The van der Waals surface area contributed by atoms with Gasteiger partial charge in [-0.2, -0.15) is 0 Å². The molecule has 0 saturated heterocycles. The molecule has 1 aromatic carbocycles. The van der Waals surface area contributed by atoms with Gasteiger partial charge in [0.15, 0.2) is 6.61 Å². The number of nitrogens with zero attached hydrogens (tertiary/aromatic N) is 1. The van der Waals surface area contributed by atoms with Gasteiger partial charge in [0, 0.05) is 6.07 Å². The molecule has 0 atom stereocenters. The summed E-state index contributed by atoms with van der Waals surface area (Å²) in [7, 11) is 3.01. The monoisotopic (exact) mass is 348 g/mol. The number of ether oxygens (including phenoxy) is 3. The molecule has 0 unspecified atom stereocenters. The van der Waals surface area contributed by atoms with Gasteiger partial charge in [-0.05, 0) is 25.5 Å². The predicted octanol–water partition coefficient (Wildman–Crippen LogP) is 2.36. The standard InChI is InChI=1S/C17H20N2O6/c1-5-12-16(10(2)25-19-12)17(21)24-9-15(20)18-13-7-6-11(22-3)8-14(13)23-4/h6-8H,5,9H2,1-4H3,(H,18,20). The molecule has 0 radical (unpaired) electrons. The minimum Gasteiger partial charge on any atom is -0.497 e. The van der Waals surface area contributed by atoms with E-state index in [9.17, 15) is 9.59 Å². The molecule has 0 fully saturated rings. The average Bonchev–Trinajstić information content (AvgIpc) is 3.00. The lowest BCUT2D eigenvalue weighted by Crippen LogP contribution is -2.21. The highest BCUT2D eigenvalue weighted by atomic mass is 16.5. The third-order valence-corrected chi connectivity index (χ3v) is 3.49. The summed E-state index contributed by atoms with van der Waals surface area (Å²) >= 11 is 0. The van der Waals surface area contributed by atoms with E-state index in [2.05, 4.69) is 10.5 Å². The molecular formula is C17H20N2O6. The Hall–Kier alpha value is -3.03. The fourth-order valence-corrected chi connectivity index (χ4v) is 2.21. The number of benzene rings is 1. The molecule has 8 nitrogen and oxygen atoms in total. The minimum atomic E-state index is -0.646. The SMILES string of the molecule is CCc1noc(C)c1C(=O)OCC(=O)Nc1ccc(OC)cc1OC. The van der Waals surface area contributed by atoms with Crippen LogP contribution in [0.5, 0.6) is 11.5 Å². The zero-order valence-electron chi connectivity index (χ0n) is 14.5. The maximum atomic E-state index is 12.1. The van der Waals surface area contributed by atoms with Crippen LogP contribution in [0.25, 0.3) is 0 Å². The molecule has 2 aromatic rings. The number of hydrogen-bond acceptors (Lipinski definition) is 7. The first kappa shape index (κ1) is 18.3. The van der Waals surface area contributed by atoms with Gasteiger partial charge in [0.1, 0.15) is 22.8 Å². The lowest BCUT2D eigenvalue weighted by molar-refractivity contribution is -0.119. The molecule has 0 aliphatic rings. The zero-order valence-corrected chi connectivity index (χ0v) is 14.5. The zero-order chi connectivity index (χ0) is 18.4. The number of anilines is 1. The smallest absolute Gasteiger partial charge is 0.344 e. The average molecular weight is 348 g/mol. The summed E-state index contributed by atoms with van der Waals surface area (Å²) in [6, 6.07) is 4.95. The van der Waals surface area contributed by atoms with Gasteiger partial charge in [-0.15, -0.1) is 0 Å². The first-order valence-electron chi connectivity index (χ1n) is 7.64. The third kappa shape index (κ3) is 4.28. The second-order valence-electron chi connectivity index (χ2n) is 5.10. The van der Waals surface area contributed by atoms with Crippen molar-refractivity contribution in [1.82, 2.24) is 5.16 Å². The van der Waals surface area contributed by atoms with Crippen molar-refractivity contribution in [2.24, 2.45) is 0 Å². The fraction of sp³-hybridized carbons (Fsp3) is 0.353. The summed E-state index contributed by atoms with van der Waals surface area (Å²) in [5, 5.41) is 6.41. The van der Waals surface area contributed by atoms with Gasteiger partial charge in [0.2, 0.25) is 0 Å². The molecule has 0 bridgehead atoms. The van der Waals surface area contributed by atoms with Crippen molar-refractivity contribution < 1.29 is 28.3 Å². The summed E-state index contributed by atoms with van der Waals surface area (Å²) in [5.41, 5.74) is 1.21. The van der Waals surface area contributed by atoms with Crippen LogP contribution in [0.4, 0.5) is 5.69 Å². The lowest BCUT2D eigenvalue weighted by atomic mass is 10.1. The molecular weight excluding hydrogens is 328 g/mol. The summed E-state index contributed by atoms with van der Waals surface area (Å²) in [6.07, 6.45) is 0.525. The van der Waals surface area contributed by atoms with E-state index in [0.717, 1.165) is 0 Å². The highest BCUT2D eigenvalue weighted by molar-refractivity contribution is 5.97. The first-order chi connectivity index (χ1) is 12.0. The number of carbonyl (C=O) groups is 2. The molecule has 0 saturated carbocycles. The van der Waals surface area contributed by atoms with Crippen LogP contribution in [0.2, 0.25) is 0 Å². The number of hydrogen-bond donors (Lipinski definition) is 1. The van der Waals surface area contributed by atoms with Crippen LogP contribution in [0.15, 0.2) is 22.7 Å². The van der Waals surface area contributed by atoms with Crippen LogP contribution < -0.4 is 14.8 Å². The van der Waals surface area contributed by atoms with Crippen LogP contribution in [0.1, 0.15) is 28.7 Å².